The van der Waals surface area contributed by atoms with E-state index in [1.54, 1.807) is 0 Å². The number of rotatable bonds is 10. The summed E-state index contributed by atoms with van der Waals surface area (Å²) in [5.74, 6) is 4.93. The van der Waals surface area contributed by atoms with Crippen molar-refractivity contribution >= 4 is 0 Å². The van der Waals surface area contributed by atoms with Gasteiger partial charge in [-0.2, -0.15) is 0 Å². The minimum atomic E-state index is -0.565. The zero-order valence-corrected chi connectivity index (χ0v) is 15.9. The fraction of sp³-hybridized carbons (Fsp3) is 0.524. The lowest BCUT2D eigenvalue weighted by atomic mass is 10.3. The molecule has 1 aliphatic carbocycles. The summed E-state index contributed by atoms with van der Waals surface area (Å²) in [4.78, 5) is 2.05. The Morgan fingerprint density at radius 2 is 1.81 bits per heavy atom. The maximum atomic E-state index is 10.2. The predicted octanol–water partition coefficient (Wildman–Crippen LogP) is 3.67. The second-order valence-electron chi connectivity index (χ2n) is 7.19. The van der Waals surface area contributed by atoms with Crippen molar-refractivity contribution < 1.29 is 19.0 Å². The maximum absolute atomic E-state index is 10.2. The number of hydrogen-bond acceptors (Lipinski definition) is 5. The Bertz CT molecular complexity index is 682. The molecule has 0 radical (unpaired) electrons. The normalized spacial score (nSPS) is 20.2. The molecule has 2 aromatic rings. The molecule has 3 rings (SSSR count). The van der Waals surface area contributed by atoms with E-state index in [2.05, 4.69) is 13.0 Å². The van der Waals surface area contributed by atoms with Crippen LogP contribution in [0.4, 0.5) is 0 Å². The summed E-state index contributed by atoms with van der Waals surface area (Å²) in [5, 5.41) is 10.2. The Morgan fingerprint density at radius 3 is 2.42 bits per heavy atom. The quantitative estimate of drug-likeness (QED) is 0.701. The molecule has 1 aromatic heterocycles. The first-order valence-corrected chi connectivity index (χ1v) is 9.36. The van der Waals surface area contributed by atoms with E-state index in [1.807, 2.05) is 49.2 Å². The highest BCUT2D eigenvalue weighted by Crippen LogP contribution is 2.47. The number of aliphatic hydroxyl groups is 1. The molecule has 1 aromatic carbocycles. The van der Waals surface area contributed by atoms with Gasteiger partial charge in [0.05, 0.1) is 13.2 Å². The molecule has 0 amide bonds. The Labute approximate surface area is 155 Å². The second-order valence-corrected chi connectivity index (χ2v) is 7.19. The third kappa shape index (κ3) is 5.26. The van der Waals surface area contributed by atoms with Gasteiger partial charge < -0.3 is 19.0 Å². The van der Waals surface area contributed by atoms with E-state index < -0.39 is 6.10 Å². The van der Waals surface area contributed by atoms with Gasteiger partial charge in [-0.1, -0.05) is 6.92 Å². The minimum Gasteiger partial charge on any atom is -0.494 e. The predicted molar refractivity (Wildman–Crippen MR) is 101 cm³/mol. The van der Waals surface area contributed by atoms with Gasteiger partial charge in [-0.25, -0.2) is 0 Å². The summed E-state index contributed by atoms with van der Waals surface area (Å²) < 4.78 is 17.0. The van der Waals surface area contributed by atoms with Gasteiger partial charge >= 0.3 is 0 Å². The number of benzene rings is 1. The topological polar surface area (TPSA) is 55.1 Å². The summed E-state index contributed by atoms with van der Waals surface area (Å²) in [6, 6.07) is 11.6. The van der Waals surface area contributed by atoms with Crippen LogP contribution < -0.4 is 9.47 Å². The second kappa shape index (κ2) is 8.60. The third-order valence-electron chi connectivity index (χ3n) is 4.68. The maximum Gasteiger partial charge on any atom is 0.119 e. The molecule has 3 unspecified atom stereocenters. The molecule has 0 saturated heterocycles. The smallest absolute Gasteiger partial charge is 0.119 e. The molecule has 26 heavy (non-hydrogen) atoms. The van der Waals surface area contributed by atoms with E-state index in [9.17, 15) is 5.11 Å². The first kappa shape index (κ1) is 18.8. The van der Waals surface area contributed by atoms with E-state index in [-0.39, 0.29) is 6.61 Å². The van der Waals surface area contributed by atoms with Crippen LogP contribution in [-0.2, 0) is 6.54 Å². The summed E-state index contributed by atoms with van der Waals surface area (Å²) >= 11 is 0. The van der Waals surface area contributed by atoms with Crippen LogP contribution in [0.5, 0.6) is 11.5 Å². The van der Waals surface area contributed by atoms with E-state index in [0.29, 0.717) is 25.6 Å². The van der Waals surface area contributed by atoms with Crippen molar-refractivity contribution in [3.05, 3.63) is 47.9 Å². The minimum absolute atomic E-state index is 0.251. The molecule has 3 atom stereocenters. The molecular formula is C21H29NO4. The SMILES string of the molecule is CCOc1ccc(OCC(O)CN(C)Cc2ccc(C3CC3C)o2)cc1. The van der Waals surface area contributed by atoms with Gasteiger partial charge in [-0.05, 0) is 62.7 Å². The van der Waals surface area contributed by atoms with Gasteiger partial charge in [-0.3, -0.25) is 4.90 Å². The molecule has 5 nitrogen and oxygen atoms in total. The van der Waals surface area contributed by atoms with Crippen molar-refractivity contribution in [2.24, 2.45) is 5.92 Å². The Hall–Kier alpha value is -1.98. The molecule has 5 heteroatoms. The van der Waals surface area contributed by atoms with E-state index >= 15 is 0 Å². The number of ether oxygens (including phenoxy) is 2. The first-order valence-electron chi connectivity index (χ1n) is 9.36. The third-order valence-corrected chi connectivity index (χ3v) is 4.68. The summed E-state index contributed by atoms with van der Waals surface area (Å²) in [6.45, 7) is 6.30. The number of hydrogen-bond donors (Lipinski definition) is 1. The highest BCUT2D eigenvalue weighted by Gasteiger charge is 2.36. The van der Waals surface area contributed by atoms with Gasteiger partial charge in [0.2, 0.25) is 0 Å². The number of aliphatic hydroxyl groups excluding tert-OH is 1. The lowest BCUT2D eigenvalue weighted by Gasteiger charge is -2.20. The number of nitrogens with zero attached hydrogens (tertiary/aromatic N) is 1. The summed E-state index contributed by atoms with van der Waals surface area (Å²) in [6.07, 6.45) is 0.661. The molecule has 142 valence electrons. The lowest BCUT2D eigenvalue weighted by molar-refractivity contribution is 0.0724. The highest BCUT2D eigenvalue weighted by atomic mass is 16.5. The van der Waals surface area contributed by atoms with Crippen molar-refractivity contribution in [3.63, 3.8) is 0 Å². The first-order chi connectivity index (χ1) is 12.5. The molecule has 0 aliphatic heterocycles. The number of furan rings is 1. The van der Waals surface area contributed by atoms with Crippen LogP contribution in [0, 0.1) is 5.92 Å². The zero-order valence-electron chi connectivity index (χ0n) is 15.9. The Kier molecular flexibility index (Phi) is 6.22. The Morgan fingerprint density at radius 1 is 1.15 bits per heavy atom. The standard InChI is InChI=1S/C21H29NO4/c1-4-24-17-5-7-18(8-6-17)25-14-16(23)12-22(3)13-19-9-10-21(26-19)20-11-15(20)2/h5-10,15-16,20,23H,4,11-14H2,1-3H3. The number of likely N-dealkylation sites (N-methyl/N-ethyl adjacent to an activating group) is 1. The largest absolute Gasteiger partial charge is 0.494 e. The van der Waals surface area contributed by atoms with Gasteiger partial charge in [-0.15, -0.1) is 0 Å². The van der Waals surface area contributed by atoms with Crippen molar-refractivity contribution in [2.75, 3.05) is 26.8 Å². The molecule has 1 saturated carbocycles. The summed E-state index contributed by atoms with van der Waals surface area (Å²) in [7, 11) is 1.97. The van der Waals surface area contributed by atoms with Crippen LogP contribution in [-0.4, -0.2) is 42.9 Å². The molecule has 1 fully saturated rings. The van der Waals surface area contributed by atoms with Crippen LogP contribution in [0.25, 0.3) is 0 Å². The van der Waals surface area contributed by atoms with Crippen molar-refractivity contribution in [2.45, 2.75) is 38.8 Å². The van der Waals surface area contributed by atoms with Crippen molar-refractivity contribution in [1.29, 1.82) is 0 Å². The lowest BCUT2D eigenvalue weighted by Crippen LogP contribution is -2.32. The van der Waals surface area contributed by atoms with Crippen LogP contribution in [0.1, 0.15) is 37.7 Å². The van der Waals surface area contributed by atoms with Gasteiger partial charge in [0, 0.05) is 12.5 Å². The average Bonchev–Trinajstić information content (AvgIpc) is 3.16. The monoisotopic (exact) mass is 359 g/mol. The van der Waals surface area contributed by atoms with E-state index in [4.69, 9.17) is 13.9 Å². The molecule has 1 heterocycles. The van der Waals surface area contributed by atoms with E-state index in [1.165, 1.54) is 6.42 Å². The van der Waals surface area contributed by atoms with Crippen molar-refractivity contribution in [3.8, 4) is 11.5 Å². The Balaban J connectivity index is 1.39. The highest BCUT2D eigenvalue weighted by molar-refractivity contribution is 5.31. The fourth-order valence-electron chi connectivity index (χ4n) is 3.13. The summed E-state index contributed by atoms with van der Waals surface area (Å²) in [5.41, 5.74) is 0. The van der Waals surface area contributed by atoms with Crippen LogP contribution in [0.15, 0.2) is 40.8 Å². The van der Waals surface area contributed by atoms with Crippen LogP contribution in [0.2, 0.25) is 0 Å². The van der Waals surface area contributed by atoms with Gasteiger partial charge in [0.1, 0.15) is 35.7 Å². The van der Waals surface area contributed by atoms with E-state index in [0.717, 1.165) is 28.9 Å². The van der Waals surface area contributed by atoms with Gasteiger partial charge in [0.15, 0.2) is 0 Å². The molecular weight excluding hydrogens is 330 g/mol. The van der Waals surface area contributed by atoms with Gasteiger partial charge in [0.25, 0.3) is 0 Å². The zero-order chi connectivity index (χ0) is 18.5. The molecule has 0 bridgehead atoms. The van der Waals surface area contributed by atoms with Crippen LogP contribution in [0.3, 0.4) is 0 Å². The fourth-order valence-corrected chi connectivity index (χ4v) is 3.13. The molecule has 1 aliphatic rings. The van der Waals surface area contributed by atoms with Crippen molar-refractivity contribution in [1.82, 2.24) is 4.90 Å². The molecule has 0 spiro atoms. The average molecular weight is 359 g/mol. The molecule has 1 N–H and O–H groups in total. The van der Waals surface area contributed by atoms with Crippen LogP contribution >= 0.6 is 0 Å².